The topological polar surface area (TPSA) is 59.1 Å². The Kier molecular flexibility index (Phi) is 8.05. The van der Waals surface area contributed by atoms with Crippen molar-refractivity contribution in [1.29, 1.82) is 0 Å². The van der Waals surface area contributed by atoms with Crippen LogP contribution < -0.4 is 10.6 Å². The van der Waals surface area contributed by atoms with Crippen LogP contribution in [0.5, 0.6) is 0 Å². The fraction of sp³-hybridized carbons (Fsp3) is 0.750. The summed E-state index contributed by atoms with van der Waals surface area (Å²) in [6, 6.07) is 0. The number of aromatic nitrogens is 2. The van der Waals surface area contributed by atoms with Gasteiger partial charge in [-0.1, -0.05) is 27.7 Å². The van der Waals surface area contributed by atoms with Crippen molar-refractivity contribution in [3.63, 3.8) is 0 Å². The molecule has 0 aliphatic carbocycles. The predicted molar refractivity (Wildman–Crippen MR) is 89.1 cm³/mol. The molecular formula is C16H30N4O. The van der Waals surface area contributed by atoms with E-state index in [1.165, 1.54) is 0 Å². The van der Waals surface area contributed by atoms with Crippen LogP contribution in [-0.2, 0) is 11.2 Å². The largest absolute Gasteiger partial charge is 0.379 e. The van der Waals surface area contributed by atoms with Crippen molar-refractivity contribution in [1.82, 2.24) is 9.97 Å². The van der Waals surface area contributed by atoms with E-state index in [4.69, 9.17) is 4.74 Å². The van der Waals surface area contributed by atoms with Crippen LogP contribution in [0.1, 0.15) is 45.5 Å². The van der Waals surface area contributed by atoms with Gasteiger partial charge in [-0.3, -0.25) is 0 Å². The minimum Gasteiger partial charge on any atom is -0.379 e. The number of hydrogen-bond acceptors (Lipinski definition) is 5. The number of rotatable bonds is 10. The molecule has 1 heterocycles. The van der Waals surface area contributed by atoms with Crippen molar-refractivity contribution in [3.8, 4) is 0 Å². The maximum Gasteiger partial charge on any atom is 0.134 e. The van der Waals surface area contributed by atoms with Gasteiger partial charge in [0, 0.05) is 31.7 Å². The molecule has 0 spiro atoms. The number of ether oxygens (including phenoxy) is 1. The summed E-state index contributed by atoms with van der Waals surface area (Å²) in [6.07, 6.45) is 1.91. The molecule has 0 atom stereocenters. The molecule has 1 rings (SSSR count). The summed E-state index contributed by atoms with van der Waals surface area (Å²) < 4.78 is 5.59. The van der Waals surface area contributed by atoms with E-state index in [0.717, 1.165) is 55.6 Å². The van der Waals surface area contributed by atoms with Crippen LogP contribution >= 0.6 is 0 Å². The number of anilines is 2. The molecule has 0 aliphatic heterocycles. The zero-order chi connectivity index (χ0) is 15.7. The Morgan fingerprint density at radius 1 is 1.05 bits per heavy atom. The van der Waals surface area contributed by atoms with E-state index >= 15 is 0 Å². The molecule has 1 aromatic heterocycles. The van der Waals surface area contributed by atoms with Crippen molar-refractivity contribution in [3.05, 3.63) is 11.4 Å². The highest BCUT2D eigenvalue weighted by Crippen LogP contribution is 2.20. The van der Waals surface area contributed by atoms with Crippen molar-refractivity contribution < 1.29 is 4.74 Å². The summed E-state index contributed by atoms with van der Waals surface area (Å²) in [5.74, 6) is 3.29. The van der Waals surface area contributed by atoms with Crippen LogP contribution in [0.25, 0.3) is 0 Å². The Morgan fingerprint density at radius 2 is 1.67 bits per heavy atom. The normalized spacial score (nSPS) is 11.0. The van der Waals surface area contributed by atoms with Crippen molar-refractivity contribution in [2.45, 2.75) is 47.5 Å². The van der Waals surface area contributed by atoms with Gasteiger partial charge in [-0.15, -0.1) is 0 Å². The lowest BCUT2D eigenvalue weighted by Gasteiger charge is -2.15. The first-order valence-electron chi connectivity index (χ1n) is 8.01. The predicted octanol–water partition coefficient (Wildman–Crippen LogP) is 3.25. The van der Waals surface area contributed by atoms with Gasteiger partial charge in [0.2, 0.25) is 0 Å². The lowest BCUT2D eigenvalue weighted by molar-refractivity contribution is 0.118. The van der Waals surface area contributed by atoms with E-state index in [-0.39, 0.29) is 0 Å². The van der Waals surface area contributed by atoms with Gasteiger partial charge in [0.05, 0.1) is 6.61 Å². The molecule has 0 bridgehead atoms. The molecule has 0 fully saturated rings. The van der Waals surface area contributed by atoms with Crippen LogP contribution in [-0.4, -0.2) is 36.3 Å². The number of nitrogens with one attached hydrogen (secondary N) is 2. The average molecular weight is 294 g/mol. The fourth-order valence-corrected chi connectivity index (χ4v) is 1.87. The maximum atomic E-state index is 5.59. The lowest BCUT2D eigenvalue weighted by atomic mass is 10.2. The first-order valence-corrected chi connectivity index (χ1v) is 8.01. The first-order chi connectivity index (χ1) is 10.1. The van der Waals surface area contributed by atoms with Gasteiger partial charge >= 0.3 is 0 Å². The SMILES string of the molecule is CCCNc1nc(CC)nc(NCCOCC(C)C)c1C. The third-order valence-corrected chi connectivity index (χ3v) is 3.04. The summed E-state index contributed by atoms with van der Waals surface area (Å²) in [6.45, 7) is 13.8. The second-order valence-electron chi connectivity index (χ2n) is 5.64. The van der Waals surface area contributed by atoms with Crippen molar-refractivity contribution in [2.24, 2.45) is 5.92 Å². The standard InChI is InChI=1S/C16H30N4O/c1-6-8-17-15-13(5)16(20-14(7-2)19-15)18-9-10-21-11-12(3)4/h12H,6-11H2,1-5H3,(H2,17,18,19,20). The average Bonchev–Trinajstić information content (AvgIpc) is 2.46. The first kappa shape index (κ1) is 17.7. The van der Waals surface area contributed by atoms with Gasteiger partial charge < -0.3 is 15.4 Å². The fourth-order valence-electron chi connectivity index (χ4n) is 1.87. The molecular weight excluding hydrogens is 264 g/mol. The zero-order valence-corrected chi connectivity index (χ0v) is 14.1. The van der Waals surface area contributed by atoms with Gasteiger partial charge in [0.15, 0.2) is 0 Å². The third kappa shape index (κ3) is 6.29. The summed E-state index contributed by atoms with van der Waals surface area (Å²) >= 11 is 0. The molecule has 21 heavy (non-hydrogen) atoms. The summed E-state index contributed by atoms with van der Waals surface area (Å²) in [4.78, 5) is 9.14. The smallest absolute Gasteiger partial charge is 0.134 e. The van der Waals surface area contributed by atoms with E-state index in [2.05, 4.69) is 55.2 Å². The van der Waals surface area contributed by atoms with Gasteiger partial charge in [-0.2, -0.15) is 0 Å². The highest BCUT2D eigenvalue weighted by molar-refractivity contribution is 5.57. The number of aryl methyl sites for hydroxylation is 1. The molecule has 0 radical (unpaired) electrons. The van der Waals surface area contributed by atoms with E-state index in [1.807, 2.05) is 0 Å². The van der Waals surface area contributed by atoms with Crippen molar-refractivity contribution in [2.75, 3.05) is 36.9 Å². The maximum absolute atomic E-state index is 5.59. The highest BCUT2D eigenvalue weighted by atomic mass is 16.5. The molecule has 5 nitrogen and oxygen atoms in total. The van der Waals surface area contributed by atoms with E-state index < -0.39 is 0 Å². The zero-order valence-electron chi connectivity index (χ0n) is 14.1. The Hall–Kier alpha value is -1.36. The lowest BCUT2D eigenvalue weighted by Crippen LogP contribution is -2.16. The second-order valence-corrected chi connectivity index (χ2v) is 5.64. The van der Waals surface area contributed by atoms with Crippen LogP contribution in [0.3, 0.4) is 0 Å². The molecule has 0 aromatic carbocycles. The molecule has 0 saturated heterocycles. The molecule has 1 aromatic rings. The van der Waals surface area contributed by atoms with E-state index in [1.54, 1.807) is 0 Å². The molecule has 120 valence electrons. The summed E-state index contributed by atoms with van der Waals surface area (Å²) in [5.41, 5.74) is 1.07. The van der Waals surface area contributed by atoms with E-state index in [9.17, 15) is 0 Å². The van der Waals surface area contributed by atoms with Gasteiger partial charge in [0.25, 0.3) is 0 Å². The van der Waals surface area contributed by atoms with Crippen LogP contribution in [0.2, 0.25) is 0 Å². The second kappa shape index (κ2) is 9.55. The minimum absolute atomic E-state index is 0.572. The molecule has 0 amide bonds. The molecule has 0 aliphatic rings. The molecule has 0 unspecified atom stereocenters. The Morgan fingerprint density at radius 3 is 2.19 bits per heavy atom. The number of hydrogen-bond donors (Lipinski definition) is 2. The highest BCUT2D eigenvalue weighted by Gasteiger charge is 2.09. The van der Waals surface area contributed by atoms with Crippen LogP contribution in [0.4, 0.5) is 11.6 Å². The Labute approximate surface area is 128 Å². The van der Waals surface area contributed by atoms with Crippen LogP contribution in [0.15, 0.2) is 0 Å². The quantitative estimate of drug-likeness (QED) is 0.649. The monoisotopic (exact) mass is 294 g/mol. The molecule has 5 heteroatoms. The van der Waals surface area contributed by atoms with Gasteiger partial charge in [-0.05, 0) is 19.3 Å². The Bertz CT molecular complexity index is 421. The van der Waals surface area contributed by atoms with E-state index in [0.29, 0.717) is 12.5 Å². The molecule has 0 saturated carbocycles. The van der Waals surface area contributed by atoms with Gasteiger partial charge in [0.1, 0.15) is 17.5 Å². The summed E-state index contributed by atoms with van der Waals surface area (Å²) in [7, 11) is 0. The van der Waals surface area contributed by atoms with Crippen molar-refractivity contribution >= 4 is 11.6 Å². The van der Waals surface area contributed by atoms with Gasteiger partial charge in [-0.25, -0.2) is 9.97 Å². The summed E-state index contributed by atoms with van der Waals surface area (Å²) in [5, 5.41) is 6.73. The Balaban J connectivity index is 2.62. The molecule has 2 N–H and O–H groups in total. The third-order valence-electron chi connectivity index (χ3n) is 3.04. The van der Waals surface area contributed by atoms with Crippen LogP contribution in [0, 0.1) is 12.8 Å². The number of nitrogens with zero attached hydrogens (tertiary/aromatic N) is 2. The minimum atomic E-state index is 0.572.